The number of aromatic hydroxyl groups is 1. The molecule has 0 unspecified atom stereocenters. The number of ether oxygens (including phenoxy) is 1. The van der Waals surface area contributed by atoms with Crippen molar-refractivity contribution in [1.82, 2.24) is 4.98 Å². The van der Waals surface area contributed by atoms with Crippen LogP contribution in [0.25, 0.3) is 10.9 Å². The van der Waals surface area contributed by atoms with Crippen LogP contribution < -0.4 is 4.74 Å². The Morgan fingerprint density at radius 1 is 1.19 bits per heavy atom. The third-order valence-corrected chi connectivity index (χ3v) is 2.96. The Bertz CT molecular complexity index is 872. The second kappa shape index (κ2) is 5.10. The minimum atomic E-state index is -0.402. The van der Waals surface area contributed by atoms with Crippen molar-refractivity contribution in [2.24, 2.45) is 0 Å². The van der Waals surface area contributed by atoms with Crippen molar-refractivity contribution in [1.29, 1.82) is 5.26 Å². The van der Waals surface area contributed by atoms with Crippen LogP contribution in [0, 0.1) is 17.1 Å². The number of halogens is 1. The number of hydrogen-bond acceptors (Lipinski definition) is 4. The lowest BCUT2D eigenvalue weighted by molar-refractivity contribution is 0.473. The predicted molar refractivity (Wildman–Crippen MR) is 74.6 cm³/mol. The van der Waals surface area contributed by atoms with Gasteiger partial charge in [-0.25, -0.2) is 4.39 Å². The Labute approximate surface area is 119 Å². The van der Waals surface area contributed by atoms with Crippen LogP contribution in [-0.2, 0) is 0 Å². The molecule has 21 heavy (non-hydrogen) atoms. The Hall–Kier alpha value is -3.13. The van der Waals surface area contributed by atoms with Gasteiger partial charge in [0.1, 0.15) is 29.1 Å². The molecule has 1 heterocycles. The van der Waals surface area contributed by atoms with Crippen molar-refractivity contribution in [2.45, 2.75) is 0 Å². The summed E-state index contributed by atoms with van der Waals surface area (Å²) < 4.78 is 18.8. The smallest absolute Gasteiger partial charge is 0.138 e. The van der Waals surface area contributed by atoms with E-state index in [9.17, 15) is 9.50 Å². The van der Waals surface area contributed by atoms with Crippen molar-refractivity contribution in [2.75, 3.05) is 0 Å². The number of fused-ring (bicyclic) bond motifs is 1. The molecule has 0 bridgehead atoms. The molecule has 5 heteroatoms. The summed E-state index contributed by atoms with van der Waals surface area (Å²) in [4.78, 5) is 4.11. The second-order valence-corrected chi connectivity index (χ2v) is 4.37. The number of phenols is 1. The van der Waals surface area contributed by atoms with Gasteiger partial charge in [0.15, 0.2) is 0 Å². The average molecular weight is 280 g/mol. The van der Waals surface area contributed by atoms with Crippen molar-refractivity contribution in [3.63, 3.8) is 0 Å². The van der Waals surface area contributed by atoms with E-state index in [1.54, 1.807) is 18.2 Å². The van der Waals surface area contributed by atoms with Gasteiger partial charge in [-0.05, 0) is 24.3 Å². The van der Waals surface area contributed by atoms with E-state index in [4.69, 9.17) is 10.00 Å². The number of pyridine rings is 1. The van der Waals surface area contributed by atoms with E-state index in [-0.39, 0.29) is 11.3 Å². The predicted octanol–water partition coefficient (Wildman–Crippen LogP) is 3.74. The van der Waals surface area contributed by atoms with Crippen molar-refractivity contribution in [3.05, 3.63) is 60.0 Å². The minimum Gasteiger partial charge on any atom is -0.506 e. The SMILES string of the molecule is N#Cc1cc2c(Oc3cccc(F)c3)ccnc2cc1O. The summed E-state index contributed by atoms with van der Waals surface area (Å²) in [6.07, 6.45) is 1.52. The fourth-order valence-corrected chi connectivity index (χ4v) is 1.99. The summed E-state index contributed by atoms with van der Waals surface area (Å²) >= 11 is 0. The van der Waals surface area contributed by atoms with E-state index in [2.05, 4.69) is 4.98 Å². The minimum absolute atomic E-state index is 0.125. The lowest BCUT2D eigenvalue weighted by Gasteiger charge is -2.09. The number of rotatable bonds is 2. The molecule has 0 amide bonds. The largest absolute Gasteiger partial charge is 0.506 e. The molecule has 0 aliphatic carbocycles. The molecule has 102 valence electrons. The highest BCUT2D eigenvalue weighted by molar-refractivity contribution is 5.88. The molecule has 0 aliphatic heterocycles. The van der Waals surface area contributed by atoms with E-state index < -0.39 is 5.82 Å². The molecule has 0 radical (unpaired) electrons. The van der Waals surface area contributed by atoms with Crippen LogP contribution in [0.5, 0.6) is 17.2 Å². The van der Waals surface area contributed by atoms with Gasteiger partial charge in [-0.1, -0.05) is 6.07 Å². The maximum atomic E-state index is 13.2. The highest BCUT2D eigenvalue weighted by atomic mass is 19.1. The molecule has 0 aliphatic rings. The lowest BCUT2D eigenvalue weighted by Crippen LogP contribution is -1.89. The molecule has 0 spiro atoms. The maximum absolute atomic E-state index is 13.2. The molecule has 0 saturated heterocycles. The second-order valence-electron chi connectivity index (χ2n) is 4.37. The fraction of sp³-hybridized carbons (Fsp3) is 0. The number of aromatic nitrogens is 1. The summed E-state index contributed by atoms with van der Waals surface area (Å²) in [5.74, 6) is 0.234. The first-order valence-corrected chi connectivity index (χ1v) is 6.12. The molecule has 3 aromatic rings. The molecular formula is C16H9FN2O2. The standard InChI is InChI=1S/C16H9FN2O2/c17-11-2-1-3-12(7-11)21-16-4-5-19-14-8-15(20)10(9-18)6-13(14)16/h1-8,20H. The van der Waals surface area contributed by atoms with Gasteiger partial charge < -0.3 is 9.84 Å². The average Bonchev–Trinajstić information content (AvgIpc) is 2.47. The molecule has 0 saturated carbocycles. The number of phenolic OH excluding ortho intramolecular Hbond substituents is 1. The van der Waals surface area contributed by atoms with Crippen molar-refractivity contribution in [3.8, 4) is 23.3 Å². The van der Waals surface area contributed by atoms with E-state index in [1.165, 1.54) is 30.5 Å². The molecular weight excluding hydrogens is 271 g/mol. The zero-order valence-corrected chi connectivity index (χ0v) is 10.7. The zero-order chi connectivity index (χ0) is 14.8. The molecule has 2 aromatic carbocycles. The van der Waals surface area contributed by atoms with Crippen LogP contribution in [0.15, 0.2) is 48.7 Å². The molecule has 3 rings (SSSR count). The van der Waals surface area contributed by atoms with Gasteiger partial charge in [0, 0.05) is 23.7 Å². The number of benzene rings is 2. The van der Waals surface area contributed by atoms with Gasteiger partial charge in [-0.3, -0.25) is 4.98 Å². The van der Waals surface area contributed by atoms with Gasteiger partial charge in [0.05, 0.1) is 11.1 Å². The topological polar surface area (TPSA) is 66.1 Å². The third-order valence-electron chi connectivity index (χ3n) is 2.96. The van der Waals surface area contributed by atoms with Crippen LogP contribution in [0.3, 0.4) is 0 Å². The van der Waals surface area contributed by atoms with Crippen LogP contribution in [-0.4, -0.2) is 10.1 Å². The lowest BCUT2D eigenvalue weighted by atomic mass is 10.1. The van der Waals surface area contributed by atoms with Gasteiger partial charge >= 0.3 is 0 Å². The van der Waals surface area contributed by atoms with Crippen LogP contribution in [0.4, 0.5) is 4.39 Å². The van der Waals surface area contributed by atoms with Gasteiger partial charge in [0.2, 0.25) is 0 Å². The van der Waals surface area contributed by atoms with E-state index in [0.29, 0.717) is 22.4 Å². The third kappa shape index (κ3) is 2.47. The van der Waals surface area contributed by atoms with E-state index in [1.807, 2.05) is 6.07 Å². The van der Waals surface area contributed by atoms with Gasteiger partial charge in [-0.2, -0.15) is 5.26 Å². The molecule has 1 N–H and O–H groups in total. The van der Waals surface area contributed by atoms with Gasteiger partial charge in [-0.15, -0.1) is 0 Å². The zero-order valence-electron chi connectivity index (χ0n) is 10.7. The summed E-state index contributed by atoms with van der Waals surface area (Å²) in [6.45, 7) is 0. The van der Waals surface area contributed by atoms with Crippen molar-refractivity contribution >= 4 is 10.9 Å². The number of nitrogens with zero attached hydrogens (tertiary/aromatic N) is 2. The first-order valence-electron chi connectivity index (χ1n) is 6.12. The van der Waals surface area contributed by atoms with E-state index in [0.717, 1.165) is 0 Å². The summed E-state index contributed by atoms with van der Waals surface area (Å²) in [6, 6.07) is 12.2. The number of nitriles is 1. The summed E-state index contributed by atoms with van der Waals surface area (Å²) in [7, 11) is 0. The van der Waals surface area contributed by atoms with E-state index >= 15 is 0 Å². The van der Waals surface area contributed by atoms with Crippen molar-refractivity contribution < 1.29 is 14.2 Å². The van der Waals surface area contributed by atoms with Gasteiger partial charge in [0.25, 0.3) is 0 Å². The highest BCUT2D eigenvalue weighted by Gasteiger charge is 2.09. The molecule has 0 atom stereocenters. The number of hydrogen-bond donors (Lipinski definition) is 1. The Morgan fingerprint density at radius 2 is 2.05 bits per heavy atom. The molecule has 4 nitrogen and oxygen atoms in total. The fourth-order valence-electron chi connectivity index (χ4n) is 1.99. The Kier molecular flexibility index (Phi) is 3.13. The first-order chi connectivity index (χ1) is 10.2. The monoisotopic (exact) mass is 280 g/mol. The quantitative estimate of drug-likeness (QED) is 0.776. The Balaban J connectivity index is 2.12. The maximum Gasteiger partial charge on any atom is 0.138 e. The highest BCUT2D eigenvalue weighted by Crippen LogP contribution is 2.32. The van der Waals surface area contributed by atoms with Crippen LogP contribution in [0.2, 0.25) is 0 Å². The van der Waals surface area contributed by atoms with Crippen LogP contribution >= 0.6 is 0 Å². The molecule has 0 fully saturated rings. The normalized spacial score (nSPS) is 10.3. The Morgan fingerprint density at radius 3 is 2.81 bits per heavy atom. The molecule has 1 aromatic heterocycles. The summed E-state index contributed by atoms with van der Waals surface area (Å²) in [5.41, 5.74) is 0.611. The summed E-state index contributed by atoms with van der Waals surface area (Å²) in [5, 5.41) is 19.2. The first kappa shape index (κ1) is 12.9. The van der Waals surface area contributed by atoms with Crippen LogP contribution in [0.1, 0.15) is 5.56 Å².